The van der Waals surface area contributed by atoms with E-state index in [0.29, 0.717) is 39.6 Å². The zero-order chi connectivity index (χ0) is 18.3. The van der Waals surface area contributed by atoms with Gasteiger partial charge in [-0.2, -0.15) is 4.98 Å². The van der Waals surface area contributed by atoms with Gasteiger partial charge in [0.2, 0.25) is 5.65 Å². The smallest absolute Gasteiger partial charge is 0.297 e. The van der Waals surface area contributed by atoms with Crippen LogP contribution >= 0.6 is 11.6 Å². The molecule has 3 heterocycles. The minimum Gasteiger partial charge on any atom is -0.507 e. The highest BCUT2D eigenvalue weighted by Gasteiger charge is 2.20. The van der Waals surface area contributed by atoms with Gasteiger partial charge in [-0.25, -0.2) is 4.98 Å². The van der Waals surface area contributed by atoms with Crippen LogP contribution in [0.5, 0.6) is 5.75 Å². The van der Waals surface area contributed by atoms with Crippen molar-refractivity contribution in [2.75, 3.05) is 25.5 Å². The maximum Gasteiger partial charge on any atom is 0.297 e. The lowest BCUT2D eigenvalue weighted by Crippen LogP contribution is -2.39. The van der Waals surface area contributed by atoms with Crippen molar-refractivity contribution in [2.45, 2.75) is 25.8 Å². The predicted molar refractivity (Wildman–Crippen MR) is 103 cm³/mol. The van der Waals surface area contributed by atoms with Gasteiger partial charge in [0.1, 0.15) is 5.75 Å². The van der Waals surface area contributed by atoms with Gasteiger partial charge >= 0.3 is 0 Å². The first-order valence-electron chi connectivity index (χ1n) is 8.72. The second kappa shape index (κ2) is 6.78. The Kier molecular flexibility index (Phi) is 4.46. The Bertz CT molecular complexity index is 933. The van der Waals surface area contributed by atoms with Crippen LogP contribution in [0.2, 0.25) is 5.02 Å². The van der Waals surface area contributed by atoms with E-state index < -0.39 is 0 Å². The molecule has 1 aliphatic rings. The van der Waals surface area contributed by atoms with Crippen molar-refractivity contribution in [1.29, 1.82) is 0 Å². The fraction of sp³-hybridized carbons (Fsp3) is 0.368. The van der Waals surface area contributed by atoms with Gasteiger partial charge < -0.3 is 19.7 Å². The summed E-state index contributed by atoms with van der Waals surface area (Å²) in [7, 11) is 2.12. The van der Waals surface area contributed by atoms with Gasteiger partial charge in [0.15, 0.2) is 5.58 Å². The van der Waals surface area contributed by atoms with Crippen molar-refractivity contribution in [3.8, 4) is 17.0 Å². The van der Waals surface area contributed by atoms with Crippen molar-refractivity contribution < 1.29 is 9.52 Å². The molecule has 1 saturated heterocycles. The van der Waals surface area contributed by atoms with E-state index in [-0.39, 0.29) is 5.75 Å². The van der Waals surface area contributed by atoms with Crippen molar-refractivity contribution >= 4 is 28.8 Å². The number of likely N-dealkylation sites (N-methyl/N-ethyl adjacent to an activating group) is 1. The number of rotatable bonds is 3. The first-order valence-corrected chi connectivity index (χ1v) is 9.09. The third kappa shape index (κ3) is 3.34. The van der Waals surface area contributed by atoms with Crippen LogP contribution in [0.15, 0.2) is 28.7 Å². The van der Waals surface area contributed by atoms with Gasteiger partial charge in [0, 0.05) is 23.2 Å². The number of hydrogen-bond donors (Lipinski definition) is 2. The Balaban J connectivity index is 1.64. The highest BCUT2D eigenvalue weighted by atomic mass is 35.5. The van der Waals surface area contributed by atoms with Crippen LogP contribution in [0.3, 0.4) is 0 Å². The summed E-state index contributed by atoms with van der Waals surface area (Å²) in [4.78, 5) is 11.3. The number of aryl methyl sites for hydroxylation is 1. The molecule has 0 unspecified atom stereocenters. The molecule has 1 aliphatic heterocycles. The molecule has 1 fully saturated rings. The third-order valence-electron chi connectivity index (χ3n) is 4.74. The van der Waals surface area contributed by atoms with Crippen molar-refractivity contribution in [3.05, 3.63) is 34.9 Å². The molecule has 0 radical (unpaired) electrons. The average molecular weight is 373 g/mol. The largest absolute Gasteiger partial charge is 0.507 e. The van der Waals surface area contributed by atoms with E-state index in [4.69, 9.17) is 16.0 Å². The summed E-state index contributed by atoms with van der Waals surface area (Å²) in [6, 6.07) is 7.78. The van der Waals surface area contributed by atoms with Crippen LogP contribution < -0.4 is 5.32 Å². The second-order valence-electron chi connectivity index (χ2n) is 6.90. The zero-order valence-electron chi connectivity index (χ0n) is 14.8. The van der Waals surface area contributed by atoms with Gasteiger partial charge in [0.25, 0.3) is 6.01 Å². The minimum absolute atomic E-state index is 0.105. The number of oxazole rings is 1. The Morgan fingerprint density at radius 1 is 1.31 bits per heavy atom. The summed E-state index contributed by atoms with van der Waals surface area (Å²) in [5.74, 6) is 0.105. The minimum atomic E-state index is 0.105. The first kappa shape index (κ1) is 17.1. The molecule has 0 aliphatic carbocycles. The van der Waals surface area contributed by atoms with Gasteiger partial charge in [-0.1, -0.05) is 11.6 Å². The fourth-order valence-electron chi connectivity index (χ4n) is 3.54. The maximum atomic E-state index is 10.3. The van der Waals surface area contributed by atoms with Gasteiger partial charge in [0.05, 0.1) is 5.69 Å². The highest BCUT2D eigenvalue weighted by molar-refractivity contribution is 6.31. The van der Waals surface area contributed by atoms with Gasteiger partial charge in [-0.15, -0.1) is 0 Å². The molecule has 4 rings (SSSR count). The molecule has 3 aromatic rings. The first-order chi connectivity index (χ1) is 12.5. The molecule has 7 heteroatoms. The number of aromatic nitrogens is 2. The Labute approximate surface area is 156 Å². The number of phenolic OH excluding ortho intramolecular Hbond substituents is 1. The van der Waals surface area contributed by atoms with Gasteiger partial charge in [-0.05, 0) is 63.2 Å². The molecule has 2 N–H and O–H groups in total. The molecule has 26 heavy (non-hydrogen) atoms. The van der Waals surface area contributed by atoms with Crippen LogP contribution in [0.25, 0.3) is 22.5 Å². The quantitative estimate of drug-likeness (QED) is 0.722. The summed E-state index contributed by atoms with van der Waals surface area (Å²) in [5, 5.41) is 14.1. The number of likely N-dealkylation sites (tertiary alicyclic amines) is 1. The molecular formula is C19H21ClN4O2. The maximum absolute atomic E-state index is 10.3. The van der Waals surface area contributed by atoms with Crippen molar-refractivity contribution in [3.63, 3.8) is 0 Å². The Morgan fingerprint density at radius 2 is 2.15 bits per heavy atom. The molecule has 136 valence electrons. The van der Waals surface area contributed by atoms with Crippen molar-refractivity contribution in [1.82, 2.24) is 14.9 Å². The van der Waals surface area contributed by atoms with Crippen LogP contribution in [0.4, 0.5) is 6.01 Å². The summed E-state index contributed by atoms with van der Waals surface area (Å²) < 4.78 is 5.79. The number of piperidine rings is 1. The molecular weight excluding hydrogens is 352 g/mol. The molecule has 1 aromatic carbocycles. The van der Waals surface area contributed by atoms with E-state index in [9.17, 15) is 5.11 Å². The van der Waals surface area contributed by atoms with E-state index in [2.05, 4.69) is 27.2 Å². The van der Waals surface area contributed by atoms with E-state index in [1.54, 1.807) is 6.07 Å². The molecule has 6 nitrogen and oxygen atoms in total. The summed E-state index contributed by atoms with van der Waals surface area (Å²) >= 11 is 5.99. The van der Waals surface area contributed by atoms with Crippen LogP contribution in [0.1, 0.15) is 18.4 Å². The lowest BCUT2D eigenvalue weighted by atomic mass is 10.0. The summed E-state index contributed by atoms with van der Waals surface area (Å²) in [6.07, 6.45) is 2.26. The molecule has 0 bridgehead atoms. The topological polar surface area (TPSA) is 74.4 Å². The number of nitrogens with zero attached hydrogens (tertiary/aromatic N) is 3. The number of aromatic hydroxyl groups is 1. The normalized spacial score (nSPS) is 18.3. The number of halogens is 1. The van der Waals surface area contributed by atoms with E-state index in [0.717, 1.165) is 31.5 Å². The zero-order valence-corrected chi connectivity index (χ0v) is 15.5. The molecule has 0 saturated carbocycles. The van der Waals surface area contributed by atoms with Crippen molar-refractivity contribution in [2.24, 2.45) is 0 Å². The van der Waals surface area contributed by atoms with E-state index in [1.165, 1.54) is 6.07 Å². The number of nitrogens with one attached hydrogen (secondary N) is 1. The summed E-state index contributed by atoms with van der Waals surface area (Å²) in [6.45, 7) is 3.98. The number of phenols is 1. The number of pyridine rings is 1. The number of hydrogen-bond acceptors (Lipinski definition) is 6. The number of fused-ring (bicyclic) bond motifs is 1. The Hall–Kier alpha value is -2.31. The monoisotopic (exact) mass is 372 g/mol. The SMILES string of the molecule is Cc1cc(Cl)cc(O)c1-c1ccc2oc(N[C@@H]3CCCN(C)C3)nc2n1. The van der Waals surface area contributed by atoms with E-state index in [1.807, 2.05) is 19.1 Å². The fourth-order valence-corrected chi connectivity index (χ4v) is 3.80. The molecule has 0 spiro atoms. The molecule has 0 amide bonds. The highest BCUT2D eigenvalue weighted by Crippen LogP contribution is 2.35. The van der Waals surface area contributed by atoms with E-state index >= 15 is 0 Å². The standard InChI is InChI=1S/C19H21ClN4O2/c1-11-8-12(20)9-15(25)17(11)14-5-6-16-18(22-14)23-19(26-16)21-13-4-3-7-24(2)10-13/h5-6,8-9,13,25H,3-4,7,10H2,1-2H3,(H,21,22,23)/t13-/m1/s1. The third-order valence-corrected chi connectivity index (χ3v) is 4.96. The second-order valence-corrected chi connectivity index (χ2v) is 7.34. The van der Waals surface area contributed by atoms with Crippen LogP contribution in [-0.4, -0.2) is 46.2 Å². The lowest BCUT2D eigenvalue weighted by molar-refractivity contribution is 0.259. The van der Waals surface area contributed by atoms with Crippen LogP contribution in [0, 0.1) is 6.92 Å². The Morgan fingerprint density at radius 3 is 2.92 bits per heavy atom. The van der Waals surface area contributed by atoms with Gasteiger partial charge in [-0.3, -0.25) is 0 Å². The lowest BCUT2D eigenvalue weighted by Gasteiger charge is -2.29. The molecule has 2 aromatic heterocycles. The van der Waals surface area contributed by atoms with Crippen LogP contribution in [-0.2, 0) is 0 Å². The predicted octanol–water partition coefficient (Wildman–Crippen LogP) is 4.06. The molecule has 1 atom stereocenters. The number of benzene rings is 1. The summed E-state index contributed by atoms with van der Waals surface area (Å²) in [5.41, 5.74) is 3.28. The number of anilines is 1. The average Bonchev–Trinajstić information content (AvgIpc) is 2.95.